The number of hydrogen-bond donors (Lipinski definition) is 1. The summed E-state index contributed by atoms with van der Waals surface area (Å²) in [6, 6.07) is 6.01. The fraction of sp³-hybridized carbons (Fsp3) is 0.133. The molecule has 0 fully saturated rings. The van der Waals surface area contributed by atoms with E-state index in [-0.39, 0.29) is 10.6 Å². The van der Waals surface area contributed by atoms with E-state index in [0.717, 1.165) is 6.26 Å². The molecule has 0 unspecified atom stereocenters. The Kier molecular flexibility index (Phi) is 4.21. The van der Waals surface area contributed by atoms with Gasteiger partial charge in [-0.15, -0.1) is 0 Å². The van der Waals surface area contributed by atoms with Gasteiger partial charge in [0.05, 0.1) is 34.4 Å². The van der Waals surface area contributed by atoms with Gasteiger partial charge in [-0.25, -0.2) is 22.8 Å². The maximum Gasteiger partial charge on any atom is 0.264 e. The molecule has 1 amide bonds. The number of aromatic nitrogens is 3. The number of carbonyl (C=O) groups excluding carboxylic acids is 1. The lowest BCUT2D eigenvalue weighted by atomic mass is 10.1. The first-order valence-corrected chi connectivity index (χ1v) is 9.25. The van der Waals surface area contributed by atoms with Gasteiger partial charge in [-0.05, 0) is 31.2 Å². The van der Waals surface area contributed by atoms with Crippen LogP contribution in [0.15, 0.2) is 30.5 Å². The van der Waals surface area contributed by atoms with Crippen LogP contribution in [-0.2, 0) is 10.0 Å². The lowest BCUT2D eigenvalue weighted by Gasteiger charge is -2.05. The van der Waals surface area contributed by atoms with Crippen molar-refractivity contribution >= 4 is 38.4 Å². The summed E-state index contributed by atoms with van der Waals surface area (Å²) in [4.78, 5) is 15.6. The number of aryl methyl sites for hydroxylation is 1. The number of sulfonamides is 1. The molecule has 3 rings (SSSR count). The average molecular weight is 383 g/mol. The molecule has 2 aromatic heterocycles. The molecule has 0 saturated carbocycles. The van der Waals surface area contributed by atoms with Crippen molar-refractivity contribution in [3.8, 4) is 5.69 Å². The molecule has 0 bridgehead atoms. The molecule has 10 heteroatoms. The molecule has 0 atom stereocenters. The number of halogens is 2. The quantitative estimate of drug-likeness (QED) is 0.701. The van der Waals surface area contributed by atoms with Gasteiger partial charge in [0, 0.05) is 10.9 Å². The number of nitrogens with one attached hydrogen (secondary N) is 1. The Labute approximate surface area is 147 Å². The van der Waals surface area contributed by atoms with Crippen LogP contribution in [0, 0.1) is 12.9 Å². The van der Waals surface area contributed by atoms with E-state index in [9.17, 15) is 17.6 Å². The van der Waals surface area contributed by atoms with Crippen molar-refractivity contribution in [2.24, 2.45) is 0 Å². The SMILES string of the molecule is Cc1nn(-c2cnc(F)c(Cl)c2)c2ccc(C(=O)NS(C)(=O)=O)cc12. The summed E-state index contributed by atoms with van der Waals surface area (Å²) in [7, 11) is -3.66. The van der Waals surface area contributed by atoms with Crippen LogP contribution in [0.3, 0.4) is 0 Å². The summed E-state index contributed by atoms with van der Waals surface area (Å²) in [5, 5.41) is 4.86. The van der Waals surface area contributed by atoms with Crippen molar-refractivity contribution < 1.29 is 17.6 Å². The smallest absolute Gasteiger partial charge is 0.264 e. The Morgan fingerprint density at radius 3 is 2.68 bits per heavy atom. The number of pyridine rings is 1. The van der Waals surface area contributed by atoms with Crippen LogP contribution in [0.5, 0.6) is 0 Å². The molecule has 0 radical (unpaired) electrons. The number of carbonyl (C=O) groups is 1. The zero-order chi connectivity index (χ0) is 18.4. The molecule has 7 nitrogen and oxygen atoms in total. The minimum atomic E-state index is -3.66. The topological polar surface area (TPSA) is 93.9 Å². The van der Waals surface area contributed by atoms with Gasteiger partial charge in [0.2, 0.25) is 16.0 Å². The number of hydrogen-bond acceptors (Lipinski definition) is 5. The molecular weight excluding hydrogens is 371 g/mol. The van der Waals surface area contributed by atoms with Gasteiger partial charge in [-0.1, -0.05) is 11.6 Å². The van der Waals surface area contributed by atoms with Crippen LogP contribution in [-0.4, -0.2) is 35.3 Å². The lowest BCUT2D eigenvalue weighted by molar-refractivity contribution is 0.0982. The standard InChI is InChI=1S/C15H12ClFN4O3S/c1-8-11-5-9(15(22)20-25(2,23)24)3-4-13(11)21(19-8)10-6-12(16)14(17)18-7-10/h3-7H,1-2H3,(H,20,22). The second-order valence-corrected chi connectivity index (χ2v) is 7.55. The predicted octanol–water partition coefficient (Wildman–Crippen LogP) is 2.21. The second kappa shape index (κ2) is 6.08. The molecule has 2 heterocycles. The Bertz CT molecular complexity index is 1110. The first kappa shape index (κ1) is 17.3. The Balaban J connectivity index is 2.10. The second-order valence-electron chi connectivity index (χ2n) is 5.40. The van der Waals surface area contributed by atoms with E-state index in [0.29, 0.717) is 22.3 Å². The summed E-state index contributed by atoms with van der Waals surface area (Å²) in [6.07, 6.45) is 2.19. The average Bonchev–Trinajstić information content (AvgIpc) is 2.85. The fourth-order valence-corrected chi connectivity index (χ4v) is 2.98. The summed E-state index contributed by atoms with van der Waals surface area (Å²) in [6.45, 7) is 1.73. The normalized spacial score (nSPS) is 11.7. The molecule has 0 aliphatic rings. The predicted molar refractivity (Wildman–Crippen MR) is 90.9 cm³/mol. The largest absolute Gasteiger partial charge is 0.268 e. The van der Waals surface area contributed by atoms with Crippen LogP contribution in [0.25, 0.3) is 16.6 Å². The van der Waals surface area contributed by atoms with Gasteiger partial charge < -0.3 is 0 Å². The highest BCUT2D eigenvalue weighted by Gasteiger charge is 2.16. The minimum Gasteiger partial charge on any atom is -0.268 e. The van der Waals surface area contributed by atoms with E-state index in [4.69, 9.17) is 11.6 Å². The fourth-order valence-electron chi connectivity index (χ4n) is 2.36. The van der Waals surface area contributed by atoms with Crippen LogP contribution in [0.4, 0.5) is 4.39 Å². The van der Waals surface area contributed by atoms with Crippen molar-refractivity contribution in [1.29, 1.82) is 0 Å². The summed E-state index contributed by atoms with van der Waals surface area (Å²) >= 11 is 5.76. The van der Waals surface area contributed by atoms with Crippen molar-refractivity contribution in [2.45, 2.75) is 6.92 Å². The first-order valence-electron chi connectivity index (χ1n) is 6.98. The van der Waals surface area contributed by atoms with Crippen LogP contribution in [0.1, 0.15) is 16.1 Å². The zero-order valence-corrected chi connectivity index (χ0v) is 14.7. The van der Waals surface area contributed by atoms with Crippen molar-refractivity contribution in [3.63, 3.8) is 0 Å². The molecule has 25 heavy (non-hydrogen) atoms. The Morgan fingerprint density at radius 2 is 2.04 bits per heavy atom. The van der Waals surface area contributed by atoms with E-state index in [1.165, 1.54) is 29.1 Å². The van der Waals surface area contributed by atoms with Gasteiger partial charge in [0.15, 0.2) is 0 Å². The van der Waals surface area contributed by atoms with E-state index in [1.54, 1.807) is 13.0 Å². The molecule has 1 aromatic carbocycles. The van der Waals surface area contributed by atoms with Crippen molar-refractivity contribution in [2.75, 3.05) is 6.26 Å². The maximum atomic E-state index is 13.2. The molecule has 0 saturated heterocycles. The van der Waals surface area contributed by atoms with Gasteiger partial charge >= 0.3 is 0 Å². The third-order valence-corrected chi connectivity index (χ3v) is 4.25. The highest BCUT2D eigenvalue weighted by atomic mass is 35.5. The molecule has 3 aromatic rings. The van der Waals surface area contributed by atoms with E-state index >= 15 is 0 Å². The molecular formula is C15H12ClFN4O3S. The van der Waals surface area contributed by atoms with Crippen molar-refractivity contribution in [3.05, 3.63) is 52.7 Å². The van der Waals surface area contributed by atoms with Crippen molar-refractivity contribution in [1.82, 2.24) is 19.5 Å². The molecule has 0 aliphatic carbocycles. The third kappa shape index (κ3) is 3.47. The van der Waals surface area contributed by atoms with Crippen LogP contribution >= 0.6 is 11.6 Å². The van der Waals surface area contributed by atoms with E-state index in [1.807, 2.05) is 4.72 Å². The van der Waals surface area contributed by atoms with Gasteiger partial charge in [-0.3, -0.25) is 4.79 Å². The Morgan fingerprint density at radius 1 is 1.32 bits per heavy atom. The van der Waals surface area contributed by atoms with Gasteiger partial charge in [0.25, 0.3) is 5.91 Å². The monoisotopic (exact) mass is 382 g/mol. The highest BCUT2D eigenvalue weighted by molar-refractivity contribution is 7.89. The third-order valence-electron chi connectivity index (χ3n) is 3.43. The minimum absolute atomic E-state index is 0.136. The molecule has 0 spiro atoms. The Hall–Kier alpha value is -2.52. The first-order chi connectivity index (χ1) is 11.7. The highest BCUT2D eigenvalue weighted by Crippen LogP contribution is 2.24. The maximum absolute atomic E-state index is 13.2. The summed E-state index contributed by atoms with van der Waals surface area (Å²) in [5.41, 5.74) is 1.87. The number of amides is 1. The lowest BCUT2D eigenvalue weighted by Crippen LogP contribution is -2.29. The van der Waals surface area contributed by atoms with E-state index < -0.39 is 21.9 Å². The van der Waals surface area contributed by atoms with Gasteiger partial charge in [-0.2, -0.15) is 9.49 Å². The van der Waals surface area contributed by atoms with E-state index in [2.05, 4.69) is 10.1 Å². The zero-order valence-electron chi connectivity index (χ0n) is 13.1. The number of nitrogens with zero attached hydrogens (tertiary/aromatic N) is 3. The van der Waals surface area contributed by atoms with Crippen LogP contribution in [0.2, 0.25) is 5.02 Å². The molecule has 0 aliphatic heterocycles. The summed E-state index contributed by atoms with van der Waals surface area (Å²) < 4.78 is 39.1. The molecule has 1 N–H and O–H groups in total. The van der Waals surface area contributed by atoms with Gasteiger partial charge in [0.1, 0.15) is 0 Å². The number of fused-ring (bicyclic) bond motifs is 1. The number of benzene rings is 1. The molecule has 130 valence electrons. The van der Waals surface area contributed by atoms with Crippen LogP contribution < -0.4 is 4.72 Å². The number of rotatable bonds is 3. The summed E-state index contributed by atoms with van der Waals surface area (Å²) in [5.74, 6) is -1.51.